The predicted octanol–water partition coefficient (Wildman–Crippen LogP) is 2.71. The minimum Gasteiger partial charge on any atom is -0.319 e. The molecule has 2 aromatic rings. The predicted molar refractivity (Wildman–Crippen MR) is 85.4 cm³/mol. The molecule has 0 saturated heterocycles. The lowest BCUT2D eigenvalue weighted by molar-refractivity contribution is 0.527. The van der Waals surface area contributed by atoms with Crippen LogP contribution in [0.25, 0.3) is 0 Å². The van der Waals surface area contributed by atoms with Crippen LogP contribution in [0.2, 0.25) is 0 Å². The van der Waals surface area contributed by atoms with Crippen LogP contribution < -0.4 is 11.3 Å². The topological polar surface area (TPSA) is 60.9 Å². The maximum absolute atomic E-state index is 11.8. The Morgan fingerprint density at radius 3 is 2.67 bits per heavy atom. The molecule has 1 aromatic carbocycles. The Labute approximate surface area is 125 Å². The molecule has 0 radical (unpaired) electrons. The molecule has 0 aliphatic rings. The van der Waals surface area contributed by atoms with Gasteiger partial charge in [-0.1, -0.05) is 37.1 Å². The number of nitrogens with zero attached hydrogens (tertiary/aromatic N) is 2. The van der Waals surface area contributed by atoms with Crippen LogP contribution in [0.5, 0.6) is 0 Å². The number of nitrogens with two attached hydrogens (primary N) is 1. The van der Waals surface area contributed by atoms with Crippen molar-refractivity contribution in [2.24, 2.45) is 5.73 Å². The molecule has 0 amide bonds. The molecule has 4 heteroatoms. The summed E-state index contributed by atoms with van der Waals surface area (Å²) in [5, 5.41) is 4.43. The van der Waals surface area contributed by atoms with Crippen LogP contribution in [0.4, 0.5) is 0 Å². The number of unbranched alkanes of at least 4 members (excludes halogenated alkanes) is 1. The van der Waals surface area contributed by atoms with Gasteiger partial charge in [0.1, 0.15) is 0 Å². The summed E-state index contributed by atoms with van der Waals surface area (Å²) in [6, 6.07) is 9.19. The summed E-state index contributed by atoms with van der Waals surface area (Å²) in [5.74, 6) is 0. The number of hydrogen-bond donors (Lipinski definition) is 1. The lowest BCUT2D eigenvalue weighted by atomic mass is 9.97. The van der Waals surface area contributed by atoms with E-state index in [0.717, 1.165) is 29.7 Å². The summed E-state index contributed by atoms with van der Waals surface area (Å²) in [4.78, 5) is 11.8. The highest BCUT2D eigenvalue weighted by molar-refractivity contribution is 5.36. The lowest BCUT2D eigenvalue weighted by Crippen LogP contribution is -2.26. The second-order valence-corrected chi connectivity index (χ2v) is 5.51. The molecule has 0 saturated carbocycles. The van der Waals surface area contributed by atoms with E-state index < -0.39 is 0 Å². The summed E-state index contributed by atoms with van der Waals surface area (Å²) < 4.78 is 1.52. The first-order valence-corrected chi connectivity index (χ1v) is 7.43. The third-order valence-electron chi connectivity index (χ3n) is 3.69. The fourth-order valence-corrected chi connectivity index (χ4v) is 2.43. The molecule has 2 rings (SSSR count). The smallest absolute Gasteiger partial charge is 0.266 e. The Balaban J connectivity index is 2.34. The van der Waals surface area contributed by atoms with E-state index in [9.17, 15) is 4.79 Å². The summed E-state index contributed by atoms with van der Waals surface area (Å²) in [6.07, 6.45) is 1.97. The molecule has 1 heterocycles. The maximum Gasteiger partial charge on any atom is 0.266 e. The zero-order chi connectivity index (χ0) is 15.4. The first-order chi connectivity index (χ1) is 10.0. The minimum absolute atomic E-state index is 0.0694. The highest BCUT2D eigenvalue weighted by atomic mass is 16.1. The number of aromatic nitrogens is 2. The van der Waals surface area contributed by atoms with Gasteiger partial charge in [0, 0.05) is 12.6 Å². The Morgan fingerprint density at radius 1 is 1.24 bits per heavy atom. The van der Waals surface area contributed by atoms with Gasteiger partial charge < -0.3 is 5.73 Å². The van der Waals surface area contributed by atoms with Crippen LogP contribution in [0.3, 0.4) is 0 Å². The van der Waals surface area contributed by atoms with Crippen LogP contribution >= 0.6 is 0 Å². The monoisotopic (exact) mass is 285 g/mol. The average molecular weight is 285 g/mol. The van der Waals surface area contributed by atoms with Crippen molar-refractivity contribution in [2.45, 2.75) is 46.2 Å². The Morgan fingerprint density at radius 2 is 2.00 bits per heavy atom. The van der Waals surface area contributed by atoms with Gasteiger partial charge in [0.25, 0.3) is 5.56 Å². The molecule has 0 spiro atoms. The lowest BCUT2D eigenvalue weighted by Gasteiger charge is -2.16. The number of rotatable bonds is 5. The van der Waals surface area contributed by atoms with Crippen LogP contribution in [0.1, 0.15) is 48.2 Å². The van der Waals surface area contributed by atoms with E-state index in [4.69, 9.17) is 5.73 Å². The van der Waals surface area contributed by atoms with Crippen molar-refractivity contribution in [3.05, 3.63) is 63.1 Å². The van der Waals surface area contributed by atoms with Crippen LogP contribution in [-0.2, 0) is 6.54 Å². The average Bonchev–Trinajstić information content (AvgIpc) is 2.46. The molecule has 0 fully saturated rings. The van der Waals surface area contributed by atoms with E-state index in [1.54, 1.807) is 12.1 Å². The molecule has 2 N–H and O–H groups in total. The van der Waals surface area contributed by atoms with Gasteiger partial charge in [-0.05, 0) is 37.5 Å². The van der Waals surface area contributed by atoms with Gasteiger partial charge in [-0.2, -0.15) is 5.10 Å². The first kappa shape index (κ1) is 15.4. The van der Waals surface area contributed by atoms with Gasteiger partial charge in [-0.3, -0.25) is 4.79 Å². The normalized spacial score (nSPS) is 12.4. The molecule has 21 heavy (non-hydrogen) atoms. The second-order valence-electron chi connectivity index (χ2n) is 5.51. The third-order valence-corrected chi connectivity index (χ3v) is 3.69. The Bertz CT molecular complexity index is 676. The Kier molecular flexibility index (Phi) is 4.91. The second kappa shape index (κ2) is 6.68. The fourth-order valence-electron chi connectivity index (χ4n) is 2.43. The zero-order valence-corrected chi connectivity index (χ0v) is 13.0. The highest BCUT2D eigenvalue weighted by Crippen LogP contribution is 2.21. The molecule has 1 atom stereocenters. The van der Waals surface area contributed by atoms with E-state index in [1.807, 2.05) is 6.07 Å². The van der Waals surface area contributed by atoms with Crippen molar-refractivity contribution < 1.29 is 0 Å². The minimum atomic E-state index is -0.306. The van der Waals surface area contributed by atoms with Crippen molar-refractivity contribution in [3.63, 3.8) is 0 Å². The molecular weight excluding hydrogens is 262 g/mol. The van der Waals surface area contributed by atoms with Crippen LogP contribution in [0, 0.1) is 13.8 Å². The summed E-state index contributed by atoms with van der Waals surface area (Å²) >= 11 is 0. The van der Waals surface area contributed by atoms with Gasteiger partial charge in [0.05, 0.1) is 11.7 Å². The molecule has 4 nitrogen and oxygen atoms in total. The summed E-state index contributed by atoms with van der Waals surface area (Å²) in [5.41, 5.74) is 10.4. The maximum atomic E-state index is 11.8. The number of hydrogen-bond acceptors (Lipinski definition) is 3. The highest BCUT2D eigenvalue weighted by Gasteiger charge is 2.14. The molecule has 0 aliphatic heterocycles. The third kappa shape index (κ3) is 3.58. The molecule has 112 valence electrons. The quantitative estimate of drug-likeness (QED) is 0.918. The molecule has 1 unspecified atom stereocenters. The van der Waals surface area contributed by atoms with Gasteiger partial charge in [-0.15, -0.1) is 0 Å². The van der Waals surface area contributed by atoms with Gasteiger partial charge in [0.15, 0.2) is 0 Å². The van der Waals surface area contributed by atoms with Crippen LogP contribution in [-0.4, -0.2) is 9.78 Å². The van der Waals surface area contributed by atoms with E-state index in [2.05, 4.69) is 38.0 Å². The van der Waals surface area contributed by atoms with Crippen molar-refractivity contribution in [3.8, 4) is 0 Å². The fraction of sp³-hybridized carbons (Fsp3) is 0.412. The first-order valence-electron chi connectivity index (χ1n) is 7.43. The van der Waals surface area contributed by atoms with E-state index in [-0.39, 0.29) is 11.6 Å². The summed E-state index contributed by atoms with van der Waals surface area (Å²) in [6.45, 7) is 6.85. The molecule has 0 aliphatic carbocycles. The van der Waals surface area contributed by atoms with Crippen molar-refractivity contribution >= 4 is 0 Å². The van der Waals surface area contributed by atoms with Gasteiger partial charge in [-0.25, -0.2) is 4.68 Å². The van der Waals surface area contributed by atoms with Gasteiger partial charge >= 0.3 is 0 Å². The van der Waals surface area contributed by atoms with Gasteiger partial charge in [0.2, 0.25) is 0 Å². The molecule has 0 bridgehead atoms. The van der Waals surface area contributed by atoms with E-state index >= 15 is 0 Å². The Hall–Kier alpha value is -1.94. The van der Waals surface area contributed by atoms with E-state index in [1.165, 1.54) is 10.2 Å². The van der Waals surface area contributed by atoms with Crippen molar-refractivity contribution in [1.29, 1.82) is 0 Å². The largest absolute Gasteiger partial charge is 0.319 e. The SMILES string of the molecule is CCCCn1nc(C(N)c2ccc(C)cc2C)ccc1=O. The van der Waals surface area contributed by atoms with Crippen LogP contribution in [0.15, 0.2) is 35.1 Å². The molecule has 1 aromatic heterocycles. The zero-order valence-electron chi connectivity index (χ0n) is 13.0. The number of benzene rings is 1. The standard InChI is InChI=1S/C17H23N3O/c1-4-5-10-20-16(21)9-8-15(19-20)17(18)14-7-6-12(2)11-13(14)3/h6-9,11,17H,4-5,10,18H2,1-3H3. The van der Waals surface area contributed by atoms with Crippen molar-refractivity contribution in [1.82, 2.24) is 9.78 Å². The summed E-state index contributed by atoms with van der Waals surface area (Å²) in [7, 11) is 0. The van der Waals surface area contributed by atoms with E-state index in [0.29, 0.717) is 6.54 Å². The van der Waals surface area contributed by atoms with Crippen molar-refractivity contribution in [2.75, 3.05) is 0 Å². The molecular formula is C17H23N3O. The number of aryl methyl sites for hydroxylation is 3.